The molecule has 0 fully saturated rings. The van der Waals surface area contributed by atoms with E-state index < -0.39 is 12.0 Å². The molecule has 0 bridgehead atoms. The summed E-state index contributed by atoms with van der Waals surface area (Å²) in [5, 5.41) is 0. The molecule has 2 heterocycles. The maximum absolute atomic E-state index is 13.7. The van der Waals surface area contributed by atoms with Crippen molar-refractivity contribution in [3.8, 4) is 11.5 Å². The molecule has 1 aromatic heterocycles. The number of nitrogens with zero attached hydrogens (tertiary/aromatic N) is 2. The lowest BCUT2D eigenvalue weighted by atomic mass is 9.95. The molecule has 8 heteroatoms. The molecular formula is C28H30N2O5S. The Balaban J connectivity index is 1.85. The number of benzene rings is 2. The first kappa shape index (κ1) is 25.4. The Morgan fingerprint density at radius 2 is 1.89 bits per heavy atom. The Kier molecular flexibility index (Phi) is 8.05. The van der Waals surface area contributed by atoms with Crippen molar-refractivity contribution in [2.24, 2.45) is 4.99 Å². The zero-order valence-electron chi connectivity index (χ0n) is 20.9. The fourth-order valence-corrected chi connectivity index (χ4v) is 5.21. The molecule has 36 heavy (non-hydrogen) atoms. The minimum Gasteiger partial charge on any atom is -0.493 e. The van der Waals surface area contributed by atoms with Crippen LogP contribution in [0.25, 0.3) is 6.08 Å². The van der Waals surface area contributed by atoms with E-state index in [2.05, 4.69) is 6.92 Å². The number of hydrogen-bond acceptors (Lipinski definition) is 7. The predicted molar refractivity (Wildman–Crippen MR) is 140 cm³/mol. The number of aromatic nitrogens is 1. The fraction of sp³-hybridized carbons (Fsp3) is 0.321. The molecule has 1 aliphatic heterocycles. The van der Waals surface area contributed by atoms with Gasteiger partial charge in [0.25, 0.3) is 5.56 Å². The number of methoxy groups -OCH3 is 2. The maximum Gasteiger partial charge on any atom is 0.338 e. The molecule has 1 aliphatic rings. The van der Waals surface area contributed by atoms with Crippen LogP contribution in [0.5, 0.6) is 11.5 Å². The van der Waals surface area contributed by atoms with Crippen molar-refractivity contribution in [1.82, 2.24) is 4.57 Å². The summed E-state index contributed by atoms with van der Waals surface area (Å²) >= 11 is 1.30. The highest BCUT2D eigenvalue weighted by Gasteiger charge is 2.33. The molecule has 2 aromatic carbocycles. The molecule has 0 aliphatic carbocycles. The second-order valence-corrected chi connectivity index (χ2v) is 9.32. The van der Waals surface area contributed by atoms with E-state index in [0.29, 0.717) is 45.1 Å². The van der Waals surface area contributed by atoms with Gasteiger partial charge in [0.2, 0.25) is 0 Å². The average Bonchev–Trinajstić information content (AvgIpc) is 3.22. The quantitative estimate of drug-likeness (QED) is 0.324. The molecule has 0 unspecified atom stereocenters. The first-order valence-corrected chi connectivity index (χ1v) is 12.8. The van der Waals surface area contributed by atoms with E-state index in [-0.39, 0.29) is 5.56 Å². The van der Waals surface area contributed by atoms with Crippen molar-refractivity contribution in [1.29, 1.82) is 0 Å². The van der Waals surface area contributed by atoms with Crippen LogP contribution in [0, 0.1) is 0 Å². The Labute approximate surface area is 214 Å². The van der Waals surface area contributed by atoms with E-state index in [1.807, 2.05) is 61.5 Å². The number of carbonyl (C=O) groups excluding carboxylic acids is 1. The number of hydrogen-bond donors (Lipinski definition) is 0. The van der Waals surface area contributed by atoms with Crippen LogP contribution in [-0.4, -0.2) is 31.4 Å². The largest absolute Gasteiger partial charge is 0.493 e. The number of fused-ring (bicyclic) bond motifs is 1. The number of ether oxygens (including phenoxy) is 3. The van der Waals surface area contributed by atoms with Gasteiger partial charge in [-0.1, -0.05) is 68.0 Å². The fourth-order valence-electron chi connectivity index (χ4n) is 4.19. The summed E-state index contributed by atoms with van der Waals surface area (Å²) < 4.78 is 18.6. The lowest BCUT2D eigenvalue weighted by molar-refractivity contribution is -0.136. The standard InChI is InChI=1S/C28H30N2O5S/c1-5-7-15-35-21-14-13-18(16-22(21)33-3)17-23-26(31)30-25(19-11-9-8-10-12-19)24(27(32)34-4)20(6-2)29-28(30)36-23/h8-14,16-17,25H,5-7,15H2,1-4H3/b23-17-/t25-/m1/s1. The van der Waals surface area contributed by atoms with Gasteiger partial charge in [0.15, 0.2) is 16.3 Å². The molecular weight excluding hydrogens is 476 g/mol. The molecule has 0 amide bonds. The third-order valence-corrected chi connectivity index (χ3v) is 6.99. The lowest BCUT2D eigenvalue weighted by Crippen LogP contribution is -2.40. The first-order valence-electron chi connectivity index (χ1n) is 12.0. The van der Waals surface area contributed by atoms with Gasteiger partial charge in [0.1, 0.15) is 0 Å². The second-order valence-electron chi connectivity index (χ2n) is 8.31. The Morgan fingerprint density at radius 3 is 2.56 bits per heavy atom. The number of unbranched alkanes of at least 4 members (excludes halogenated alkanes) is 1. The van der Waals surface area contributed by atoms with Gasteiger partial charge in [0.05, 0.1) is 42.7 Å². The molecule has 1 atom stereocenters. The van der Waals surface area contributed by atoms with Crippen LogP contribution < -0.4 is 24.4 Å². The summed E-state index contributed by atoms with van der Waals surface area (Å²) in [5.41, 5.74) is 2.42. The number of allylic oxidation sites excluding steroid dienone is 1. The highest BCUT2D eigenvalue weighted by molar-refractivity contribution is 7.07. The molecule has 0 saturated carbocycles. The van der Waals surface area contributed by atoms with Crippen LogP contribution in [-0.2, 0) is 9.53 Å². The van der Waals surface area contributed by atoms with E-state index in [1.165, 1.54) is 18.4 Å². The SMILES string of the molecule is CCCCOc1ccc(/C=c2\sc3n(c2=O)[C@H](c2ccccc2)C(C(=O)OC)=C(CC)N=3)cc1OC. The Morgan fingerprint density at radius 1 is 1.11 bits per heavy atom. The molecule has 3 aromatic rings. The molecule has 0 saturated heterocycles. The van der Waals surface area contributed by atoms with E-state index in [4.69, 9.17) is 19.2 Å². The van der Waals surface area contributed by atoms with Gasteiger partial charge >= 0.3 is 5.97 Å². The highest BCUT2D eigenvalue weighted by atomic mass is 32.1. The zero-order valence-corrected chi connectivity index (χ0v) is 21.8. The smallest absolute Gasteiger partial charge is 0.338 e. The number of carbonyl (C=O) groups is 1. The van der Waals surface area contributed by atoms with Gasteiger partial charge < -0.3 is 14.2 Å². The van der Waals surface area contributed by atoms with Crippen molar-refractivity contribution < 1.29 is 19.0 Å². The normalized spacial score (nSPS) is 15.3. The van der Waals surface area contributed by atoms with Crippen molar-refractivity contribution in [2.45, 2.75) is 39.2 Å². The first-order chi connectivity index (χ1) is 17.5. The van der Waals surface area contributed by atoms with Gasteiger partial charge in [-0.05, 0) is 42.2 Å². The van der Waals surface area contributed by atoms with Crippen LogP contribution >= 0.6 is 11.3 Å². The Bertz CT molecular complexity index is 1450. The number of rotatable bonds is 9. The third-order valence-electron chi connectivity index (χ3n) is 6.01. The zero-order chi connectivity index (χ0) is 25.7. The lowest BCUT2D eigenvalue weighted by Gasteiger charge is -2.25. The van der Waals surface area contributed by atoms with Gasteiger partial charge in [-0.25, -0.2) is 9.79 Å². The predicted octanol–water partition coefficient (Wildman–Crippen LogP) is 3.99. The van der Waals surface area contributed by atoms with E-state index >= 15 is 0 Å². The van der Waals surface area contributed by atoms with E-state index in [1.54, 1.807) is 11.7 Å². The van der Waals surface area contributed by atoms with Gasteiger partial charge in [0, 0.05) is 0 Å². The Hall–Kier alpha value is -3.65. The van der Waals surface area contributed by atoms with Crippen molar-refractivity contribution in [3.05, 3.63) is 90.6 Å². The average molecular weight is 507 g/mol. The third kappa shape index (κ3) is 4.99. The second kappa shape index (κ2) is 11.4. The van der Waals surface area contributed by atoms with Crippen LogP contribution in [0.2, 0.25) is 0 Å². The molecule has 0 radical (unpaired) electrons. The molecule has 7 nitrogen and oxygen atoms in total. The van der Waals surface area contributed by atoms with Crippen LogP contribution in [0.4, 0.5) is 0 Å². The molecule has 188 valence electrons. The monoisotopic (exact) mass is 506 g/mol. The van der Waals surface area contributed by atoms with Crippen molar-refractivity contribution >= 4 is 23.4 Å². The summed E-state index contributed by atoms with van der Waals surface area (Å²) in [6, 6.07) is 14.5. The summed E-state index contributed by atoms with van der Waals surface area (Å²) in [5.74, 6) is 0.794. The number of thiazole rings is 1. The minimum atomic E-state index is -0.615. The van der Waals surface area contributed by atoms with E-state index in [0.717, 1.165) is 24.0 Å². The summed E-state index contributed by atoms with van der Waals surface area (Å²) in [7, 11) is 2.94. The van der Waals surface area contributed by atoms with Gasteiger partial charge in [-0.3, -0.25) is 9.36 Å². The van der Waals surface area contributed by atoms with Crippen molar-refractivity contribution in [2.75, 3.05) is 20.8 Å². The molecule has 0 N–H and O–H groups in total. The topological polar surface area (TPSA) is 79.1 Å². The number of esters is 1. The maximum atomic E-state index is 13.7. The highest BCUT2D eigenvalue weighted by Crippen LogP contribution is 2.32. The summed E-state index contributed by atoms with van der Waals surface area (Å²) in [6.45, 7) is 4.67. The minimum absolute atomic E-state index is 0.216. The van der Waals surface area contributed by atoms with Crippen molar-refractivity contribution in [3.63, 3.8) is 0 Å². The van der Waals surface area contributed by atoms with Gasteiger partial charge in [-0.2, -0.15) is 0 Å². The summed E-state index contributed by atoms with van der Waals surface area (Å²) in [6.07, 6.45) is 4.36. The van der Waals surface area contributed by atoms with Gasteiger partial charge in [-0.15, -0.1) is 0 Å². The van der Waals surface area contributed by atoms with E-state index in [9.17, 15) is 9.59 Å². The molecule has 0 spiro atoms. The molecule has 4 rings (SSSR count). The van der Waals surface area contributed by atoms with Crippen LogP contribution in [0.3, 0.4) is 0 Å². The summed E-state index contributed by atoms with van der Waals surface area (Å²) in [4.78, 5) is 31.8. The van der Waals surface area contributed by atoms with Crippen LogP contribution in [0.1, 0.15) is 50.3 Å². The van der Waals surface area contributed by atoms with Crippen LogP contribution in [0.15, 0.2) is 69.6 Å².